The van der Waals surface area contributed by atoms with Crippen molar-refractivity contribution >= 4 is 28.6 Å². The van der Waals surface area contributed by atoms with Crippen molar-refractivity contribution in [3.63, 3.8) is 0 Å². The first-order valence-corrected chi connectivity index (χ1v) is 8.29. The van der Waals surface area contributed by atoms with Crippen molar-refractivity contribution in [1.29, 1.82) is 0 Å². The molecule has 2 heterocycles. The van der Waals surface area contributed by atoms with Gasteiger partial charge in [-0.25, -0.2) is 0 Å². The van der Waals surface area contributed by atoms with Gasteiger partial charge in [-0.05, 0) is 19.9 Å². The molecule has 1 aromatic carbocycles. The van der Waals surface area contributed by atoms with E-state index < -0.39 is 11.8 Å². The van der Waals surface area contributed by atoms with E-state index >= 15 is 0 Å². The number of hydrogen-bond acceptors (Lipinski definition) is 4. The van der Waals surface area contributed by atoms with Crippen molar-refractivity contribution < 1.29 is 14.4 Å². The molecule has 0 spiro atoms. The molecule has 3 rings (SSSR count). The van der Waals surface area contributed by atoms with Gasteiger partial charge in [0.25, 0.3) is 5.91 Å². The molecule has 132 valence electrons. The first-order valence-electron chi connectivity index (χ1n) is 8.29. The van der Waals surface area contributed by atoms with Gasteiger partial charge in [0.1, 0.15) is 0 Å². The summed E-state index contributed by atoms with van der Waals surface area (Å²) in [7, 11) is 0. The number of benzene rings is 1. The zero-order valence-electron chi connectivity index (χ0n) is 14.3. The van der Waals surface area contributed by atoms with E-state index in [0.717, 1.165) is 10.9 Å². The van der Waals surface area contributed by atoms with Crippen LogP contribution < -0.4 is 5.32 Å². The standard InChI is InChI=1S/C17H21N5O3/c1-11(2)18-15(23)17(25)22-9-7-21(8-10-22)16(24)14-12-5-3-4-6-13(12)19-20-14/h3-6,11H,7-10H2,1-2H3,(H,18,23)(H,19,20). The van der Waals surface area contributed by atoms with Gasteiger partial charge in [-0.1, -0.05) is 18.2 Å². The van der Waals surface area contributed by atoms with Crippen LogP contribution in [-0.4, -0.2) is 69.9 Å². The normalized spacial score (nSPS) is 14.8. The molecule has 1 aromatic heterocycles. The minimum Gasteiger partial charge on any atom is -0.346 e. The first-order chi connectivity index (χ1) is 12.0. The van der Waals surface area contributed by atoms with E-state index in [4.69, 9.17) is 0 Å². The number of carbonyl (C=O) groups excluding carboxylic acids is 3. The molecule has 2 N–H and O–H groups in total. The lowest BCUT2D eigenvalue weighted by molar-refractivity contribution is -0.147. The molecule has 2 aromatic rings. The van der Waals surface area contributed by atoms with E-state index in [0.29, 0.717) is 31.9 Å². The summed E-state index contributed by atoms with van der Waals surface area (Å²) in [6, 6.07) is 7.36. The second-order valence-electron chi connectivity index (χ2n) is 6.33. The van der Waals surface area contributed by atoms with Gasteiger partial charge in [0.05, 0.1) is 5.52 Å². The zero-order valence-corrected chi connectivity index (χ0v) is 14.3. The van der Waals surface area contributed by atoms with Crippen LogP contribution in [0.4, 0.5) is 0 Å². The fourth-order valence-corrected chi connectivity index (χ4v) is 2.86. The maximum absolute atomic E-state index is 12.7. The summed E-state index contributed by atoms with van der Waals surface area (Å²) in [4.78, 5) is 39.7. The largest absolute Gasteiger partial charge is 0.346 e. The predicted molar refractivity (Wildman–Crippen MR) is 91.9 cm³/mol. The van der Waals surface area contributed by atoms with Crippen LogP contribution in [0.25, 0.3) is 10.9 Å². The fraction of sp³-hybridized carbons (Fsp3) is 0.412. The molecule has 0 aliphatic carbocycles. The molecule has 1 aliphatic rings. The molecule has 8 nitrogen and oxygen atoms in total. The molecule has 1 aliphatic heterocycles. The second kappa shape index (κ2) is 6.92. The number of aromatic amines is 1. The lowest BCUT2D eigenvalue weighted by Gasteiger charge is -2.34. The van der Waals surface area contributed by atoms with Gasteiger partial charge < -0.3 is 15.1 Å². The monoisotopic (exact) mass is 343 g/mol. The van der Waals surface area contributed by atoms with Crippen molar-refractivity contribution in [2.24, 2.45) is 0 Å². The molecule has 0 saturated carbocycles. The zero-order chi connectivity index (χ0) is 18.0. The highest BCUT2D eigenvalue weighted by Gasteiger charge is 2.29. The Bertz CT molecular complexity index is 805. The summed E-state index contributed by atoms with van der Waals surface area (Å²) >= 11 is 0. The van der Waals surface area contributed by atoms with Crippen LogP contribution in [0.5, 0.6) is 0 Å². The molecular formula is C17H21N5O3. The smallest absolute Gasteiger partial charge is 0.312 e. The Morgan fingerprint density at radius 1 is 1.08 bits per heavy atom. The third-order valence-electron chi connectivity index (χ3n) is 4.14. The van der Waals surface area contributed by atoms with Gasteiger partial charge in [-0.3, -0.25) is 19.5 Å². The van der Waals surface area contributed by atoms with Crippen LogP contribution in [-0.2, 0) is 9.59 Å². The van der Waals surface area contributed by atoms with Crippen molar-refractivity contribution in [1.82, 2.24) is 25.3 Å². The third kappa shape index (κ3) is 3.47. The average Bonchev–Trinajstić information content (AvgIpc) is 3.04. The molecule has 0 radical (unpaired) electrons. The van der Waals surface area contributed by atoms with Gasteiger partial charge in [0.2, 0.25) is 0 Å². The maximum Gasteiger partial charge on any atom is 0.312 e. The summed E-state index contributed by atoms with van der Waals surface area (Å²) < 4.78 is 0. The number of aromatic nitrogens is 2. The van der Waals surface area contributed by atoms with Crippen LogP contribution in [0.2, 0.25) is 0 Å². The topological polar surface area (TPSA) is 98.4 Å². The number of piperazine rings is 1. The van der Waals surface area contributed by atoms with E-state index in [2.05, 4.69) is 15.5 Å². The number of nitrogens with one attached hydrogen (secondary N) is 2. The van der Waals surface area contributed by atoms with E-state index in [1.807, 2.05) is 24.3 Å². The number of amides is 3. The van der Waals surface area contributed by atoms with Crippen LogP contribution >= 0.6 is 0 Å². The van der Waals surface area contributed by atoms with Crippen molar-refractivity contribution in [2.75, 3.05) is 26.2 Å². The molecule has 8 heteroatoms. The van der Waals surface area contributed by atoms with E-state index in [9.17, 15) is 14.4 Å². The number of H-pyrrole nitrogens is 1. The lowest BCUT2D eigenvalue weighted by Crippen LogP contribution is -2.54. The van der Waals surface area contributed by atoms with Crippen LogP contribution in [0.3, 0.4) is 0 Å². The fourth-order valence-electron chi connectivity index (χ4n) is 2.86. The van der Waals surface area contributed by atoms with Crippen molar-refractivity contribution in [3.05, 3.63) is 30.0 Å². The third-order valence-corrected chi connectivity index (χ3v) is 4.14. The number of hydrogen-bond donors (Lipinski definition) is 2. The molecular weight excluding hydrogens is 322 g/mol. The minimum absolute atomic E-state index is 0.0905. The SMILES string of the molecule is CC(C)NC(=O)C(=O)N1CCN(C(=O)c2n[nH]c3ccccc23)CC1. The van der Waals surface area contributed by atoms with E-state index in [1.165, 1.54) is 4.90 Å². The number of fused-ring (bicyclic) bond motifs is 1. The summed E-state index contributed by atoms with van der Waals surface area (Å²) in [6.45, 7) is 5.02. The predicted octanol–water partition coefficient (Wildman–Crippen LogP) is 0.372. The minimum atomic E-state index is -0.604. The second-order valence-corrected chi connectivity index (χ2v) is 6.33. The van der Waals surface area contributed by atoms with Crippen LogP contribution in [0.1, 0.15) is 24.3 Å². The molecule has 0 unspecified atom stereocenters. The Labute approximate surface area is 145 Å². The van der Waals surface area contributed by atoms with Gasteiger partial charge in [0, 0.05) is 37.6 Å². The van der Waals surface area contributed by atoms with E-state index in [-0.39, 0.29) is 11.9 Å². The Kier molecular flexibility index (Phi) is 4.69. The van der Waals surface area contributed by atoms with Crippen molar-refractivity contribution in [3.8, 4) is 0 Å². The molecule has 25 heavy (non-hydrogen) atoms. The summed E-state index contributed by atoms with van der Waals surface area (Å²) in [6.07, 6.45) is 0. The number of para-hydroxylation sites is 1. The average molecular weight is 343 g/mol. The van der Waals surface area contributed by atoms with Crippen LogP contribution in [0.15, 0.2) is 24.3 Å². The Morgan fingerprint density at radius 2 is 1.72 bits per heavy atom. The van der Waals surface area contributed by atoms with Gasteiger partial charge in [-0.2, -0.15) is 5.10 Å². The Hall–Kier alpha value is -2.90. The lowest BCUT2D eigenvalue weighted by atomic mass is 10.2. The number of nitrogens with zero attached hydrogens (tertiary/aromatic N) is 3. The molecule has 1 fully saturated rings. The van der Waals surface area contributed by atoms with Crippen molar-refractivity contribution in [2.45, 2.75) is 19.9 Å². The summed E-state index contributed by atoms with van der Waals surface area (Å²) in [5.41, 5.74) is 1.19. The van der Waals surface area contributed by atoms with Crippen LogP contribution in [0, 0.1) is 0 Å². The van der Waals surface area contributed by atoms with E-state index in [1.54, 1.807) is 18.7 Å². The first kappa shape index (κ1) is 16.9. The summed E-state index contributed by atoms with van der Waals surface area (Å²) in [5.74, 6) is -1.32. The van der Waals surface area contributed by atoms with Gasteiger partial charge in [-0.15, -0.1) is 0 Å². The Balaban J connectivity index is 1.63. The molecule has 0 bridgehead atoms. The Morgan fingerprint density at radius 3 is 2.40 bits per heavy atom. The van der Waals surface area contributed by atoms with Gasteiger partial charge in [0.15, 0.2) is 5.69 Å². The number of rotatable bonds is 2. The maximum atomic E-state index is 12.7. The molecule has 0 atom stereocenters. The highest BCUT2D eigenvalue weighted by atomic mass is 16.2. The highest BCUT2D eigenvalue weighted by molar-refractivity contribution is 6.35. The molecule has 1 saturated heterocycles. The number of carbonyl (C=O) groups is 3. The molecule has 3 amide bonds. The van der Waals surface area contributed by atoms with Gasteiger partial charge >= 0.3 is 11.8 Å². The highest BCUT2D eigenvalue weighted by Crippen LogP contribution is 2.17. The summed E-state index contributed by atoms with van der Waals surface area (Å²) in [5, 5.41) is 10.3. The quantitative estimate of drug-likeness (QED) is 0.770.